The van der Waals surface area contributed by atoms with Crippen molar-refractivity contribution in [2.45, 2.75) is 6.61 Å². The van der Waals surface area contributed by atoms with Crippen LogP contribution >= 0.6 is 63.1 Å². The van der Waals surface area contributed by atoms with Crippen LogP contribution in [0, 0.1) is 0 Å². The number of benzene rings is 3. The van der Waals surface area contributed by atoms with Gasteiger partial charge in [-0.05, 0) is 72.4 Å². The van der Waals surface area contributed by atoms with Crippen molar-refractivity contribution in [3.63, 3.8) is 0 Å². The van der Waals surface area contributed by atoms with Crippen LogP contribution in [-0.2, 0) is 11.4 Å². The maximum atomic E-state index is 12.9. The van der Waals surface area contributed by atoms with Gasteiger partial charge in [-0.1, -0.05) is 69.1 Å². The highest BCUT2D eigenvalue weighted by Gasteiger charge is 2.33. The predicted octanol–water partition coefficient (Wildman–Crippen LogP) is 6.88. The average molecular weight is 594 g/mol. The fourth-order valence-corrected chi connectivity index (χ4v) is 4.88. The zero-order valence-electron chi connectivity index (χ0n) is 17.3. The molecule has 0 spiro atoms. The number of rotatable bonds is 6. The van der Waals surface area contributed by atoms with Gasteiger partial charge in [-0.3, -0.25) is 15.0 Å². The molecule has 1 N–H and O–H groups in total. The summed E-state index contributed by atoms with van der Waals surface area (Å²) in [5.41, 5.74) is 4.53. The molecule has 3 aromatic rings. The highest BCUT2D eigenvalue weighted by Crippen LogP contribution is 2.32. The molecule has 5 nitrogen and oxygen atoms in total. The number of carbonyl (C=O) groups is 2. The molecule has 10 heteroatoms. The first-order chi connectivity index (χ1) is 16.3. The van der Waals surface area contributed by atoms with Gasteiger partial charge in [0.15, 0.2) is 4.32 Å². The van der Waals surface area contributed by atoms with Crippen molar-refractivity contribution in [3.05, 3.63) is 103 Å². The Bertz CT molecular complexity index is 1320. The van der Waals surface area contributed by atoms with Crippen LogP contribution in [0.2, 0.25) is 10.0 Å². The van der Waals surface area contributed by atoms with E-state index in [1.807, 2.05) is 24.3 Å². The second kappa shape index (κ2) is 10.9. The molecule has 1 heterocycles. The molecule has 0 aromatic heterocycles. The average Bonchev–Trinajstić information content (AvgIpc) is 3.06. The number of thioether (sulfide) groups is 1. The molecule has 3 aromatic carbocycles. The fourth-order valence-electron chi connectivity index (χ4n) is 2.98. The Labute approximate surface area is 224 Å². The number of nitrogens with one attached hydrogen (secondary N) is 1. The minimum Gasteiger partial charge on any atom is -0.489 e. The van der Waals surface area contributed by atoms with E-state index in [9.17, 15) is 9.59 Å². The maximum absolute atomic E-state index is 12.9. The first kappa shape index (κ1) is 24.8. The van der Waals surface area contributed by atoms with Gasteiger partial charge in [0, 0.05) is 25.6 Å². The van der Waals surface area contributed by atoms with Gasteiger partial charge in [0.25, 0.3) is 11.8 Å². The smallest absolute Gasteiger partial charge is 0.285 e. The van der Waals surface area contributed by atoms with E-state index < -0.39 is 11.8 Å². The Morgan fingerprint density at radius 3 is 2.62 bits per heavy atom. The first-order valence-electron chi connectivity index (χ1n) is 9.81. The van der Waals surface area contributed by atoms with Crippen LogP contribution < -0.4 is 10.2 Å². The summed E-state index contributed by atoms with van der Waals surface area (Å²) in [6.45, 7) is 0.268. The monoisotopic (exact) mass is 592 g/mol. The zero-order chi connectivity index (χ0) is 24.2. The Morgan fingerprint density at radius 2 is 1.88 bits per heavy atom. The number of nitrogens with zero attached hydrogens (tertiary/aromatic N) is 1. The molecule has 2 amide bonds. The molecule has 0 unspecified atom stereocenters. The van der Waals surface area contributed by atoms with E-state index in [2.05, 4.69) is 21.4 Å². The lowest BCUT2D eigenvalue weighted by molar-refractivity contribution is -0.123. The molecule has 1 aliphatic rings. The van der Waals surface area contributed by atoms with Crippen molar-refractivity contribution in [2.24, 2.45) is 0 Å². The third kappa shape index (κ3) is 6.00. The number of hydrogen-bond acceptors (Lipinski definition) is 5. The SMILES string of the molecule is O=C(NN1C(=O)/C(=C\c2cccc(OCc3ccc(Cl)cc3Cl)c2)SC1=S)c1ccc(Br)cc1. The van der Waals surface area contributed by atoms with Gasteiger partial charge in [0.1, 0.15) is 12.4 Å². The predicted molar refractivity (Wildman–Crippen MR) is 144 cm³/mol. The van der Waals surface area contributed by atoms with Gasteiger partial charge in [-0.15, -0.1) is 0 Å². The van der Waals surface area contributed by atoms with Crippen LogP contribution in [0.4, 0.5) is 0 Å². The molecule has 0 aliphatic carbocycles. The second-order valence-corrected chi connectivity index (χ2v) is 10.5. The van der Waals surface area contributed by atoms with E-state index in [-0.39, 0.29) is 10.9 Å². The minimum atomic E-state index is -0.429. The van der Waals surface area contributed by atoms with Crippen molar-refractivity contribution < 1.29 is 14.3 Å². The third-order valence-electron chi connectivity index (χ3n) is 4.68. The maximum Gasteiger partial charge on any atom is 0.285 e. The summed E-state index contributed by atoms with van der Waals surface area (Å²) in [6, 6.07) is 19.3. The molecule has 1 aliphatic heterocycles. The van der Waals surface area contributed by atoms with Gasteiger partial charge in [-0.2, -0.15) is 5.01 Å². The fraction of sp³-hybridized carbons (Fsp3) is 0.0417. The highest BCUT2D eigenvalue weighted by molar-refractivity contribution is 9.10. The van der Waals surface area contributed by atoms with Crippen LogP contribution in [0.3, 0.4) is 0 Å². The van der Waals surface area contributed by atoms with E-state index in [0.717, 1.165) is 32.4 Å². The van der Waals surface area contributed by atoms with E-state index in [0.29, 0.717) is 26.3 Å². The molecule has 34 heavy (non-hydrogen) atoms. The number of halogens is 3. The number of amides is 2. The summed E-state index contributed by atoms with van der Waals surface area (Å²) in [4.78, 5) is 25.8. The Hall–Kier alpha value is -2.36. The summed E-state index contributed by atoms with van der Waals surface area (Å²) >= 11 is 21.9. The zero-order valence-corrected chi connectivity index (χ0v) is 22.0. The van der Waals surface area contributed by atoms with E-state index in [4.69, 9.17) is 40.2 Å². The third-order valence-corrected chi connectivity index (χ3v) is 7.10. The Balaban J connectivity index is 1.44. The Morgan fingerprint density at radius 1 is 1.12 bits per heavy atom. The minimum absolute atomic E-state index is 0.242. The van der Waals surface area contributed by atoms with Gasteiger partial charge < -0.3 is 4.74 Å². The molecular weight excluding hydrogens is 579 g/mol. The largest absolute Gasteiger partial charge is 0.489 e. The highest BCUT2D eigenvalue weighted by atomic mass is 79.9. The molecule has 0 atom stereocenters. The lowest BCUT2D eigenvalue weighted by atomic mass is 10.2. The van der Waals surface area contributed by atoms with Crippen LogP contribution in [0.15, 0.2) is 76.1 Å². The molecule has 1 fully saturated rings. The van der Waals surface area contributed by atoms with Crippen LogP contribution in [-0.4, -0.2) is 21.1 Å². The van der Waals surface area contributed by atoms with Crippen LogP contribution in [0.1, 0.15) is 21.5 Å². The molecule has 4 rings (SSSR count). The molecule has 172 valence electrons. The number of hydrazine groups is 1. The van der Waals surface area contributed by atoms with E-state index in [1.54, 1.807) is 48.5 Å². The van der Waals surface area contributed by atoms with Crippen molar-refractivity contribution in [2.75, 3.05) is 0 Å². The molecule has 0 bridgehead atoms. The van der Waals surface area contributed by atoms with Crippen molar-refractivity contribution in [1.29, 1.82) is 0 Å². The molecule has 0 saturated carbocycles. The topological polar surface area (TPSA) is 58.6 Å². The van der Waals surface area contributed by atoms with Gasteiger partial charge in [0.2, 0.25) is 0 Å². The van der Waals surface area contributed by atoms with Crippen molar-refractivity contribution in [3.8, 4) is 5.75 Å². The van der Waals surface area contributed by atoms with E-state index in [1.165, 1.54) is 0 Å². The van der Waals surface area contributed by atoms with Gasteiger partial charge >= 0.3 is 0 Å². The standard InChI is InChI=1S/C24H15BrCl2N2O3S2/c25-17-7-4-15(5-8-17)22(30)28-29-23(31)21(34-24(29)33)11-14-2-1-3-19(10-14)32-13-16-6-9-18(26)12-20(16)27/h1-12H,13H2,(H,28,30)/b21-11+. The van der Waals surface area contributed by atoms with Crippen LogP contribution in [0.25, 0.3) is 6.08 Å². The molecular formula is C24H15BrCl2N2O3S2. The normalized spacial score (nSPS) is 14.6. The van der Waals surface area contributed by atoms with Crippen molar-refractivity contribution >= 4 is 85.3 Å². The number of carbonyl (C=O) groups excluding carboxylic acids is 2. The first-order valence-corrected chi connectivity index (χ1v) is 12.6. The number of thiocarbonyl (C=S) groups is 1. The van der Waals surface area contributed by atoms with Crippen LogP contribution in [0.5, 0.6) is 5.75 Å². The van der Waals surface area contributed by atoms with E-state index >= 15 is 0 Å². The molecule has 1 saturated heterocycles. The second-order valence-electron chi connectivity index (χ2n) is 7.06. The number of hydrogen-bond donors (Lipinski definition) is 1. The lowest BCUT2D eigenvalue weighted by Gasteiger charge is -2.15. The number of ether oxygens (including phenoxy) is 1. The summed E-state index contributed by atoms with van der Waals surface area (Å²) in [5, 5.41) is 2.16. The van der Waals surface area contributed by atoms with Crippen molar-refractivity contribution in [1.82, 2.24) is 10.4 Å². The lowest BCUT2D eigenvalue weighted by Crippen LogP contribution is -2.44. The van der Waals surface area contributed by atoms with Gasteiger partial charge in [-0.25, -0.2) is 0 Å². The quantitative estimate of drug-likeness (QED) is 0.249. The summed E-state index contributed by atoms with van der Waals surface area (Å²) in [5.74, 6) is -0.222. The molecule has 0 radical (unpaired) electrons. The van der Waals surface area contributed by atoms with Gasteiger partial charge in [0.05, 0.1) is 4.91 Å². The summed E-state index contributed by atoms with van der Waals surface area (Å²) in [6.07, 6.45) is 1.70. The summed E-state index contributed by atoms with van der Waals surface area (Å²) < 4.78 is 6.94. The Kier molecular flexibility index (Phi) is 7.95. The summed E-state index contributed by atoms with van der Waals surface area (Å²) in [7, 11) is 0.